The summed E-state index contributed by atoms with van der Waals surface area (Å²) >= 11 is 0. The molecule has 2 heteroatoms. The number of aryl methyl sites for hydroxylation is 2. The highest BCUT2D eigenvalue weighted by molar-refractivity contribution is 5.44. The molecule has 0 saturated carbocycles. The summed E-state index contributed by atoms with van der Waals surface area (Å²) in [5.41, 5.74) is 9.70. The molecule has 0 radical (unpaired) electrons. The van der Waals surface area contributed by atoms with Gasteiger partial charge in [0.15, 0.2) is 0 Å². The van der Waals surface area contributed by atoms with Crippen LogP contribution in [0.25, 0.3) is 0 Å². The van der Waals surface area contributed by atoms with Gasteiger partial charge in [0, 0.05) is 0 Å². The Labute approximate surface area is 105 Å². The second-order valence-electron chi connectivity index (χ2n) is 5.29. The summed E-state index contributed by atoms with van der Waals surface area (Å²) in [4.78, 5) is 0. The molecule has 0 amide bonds. The summed E-state index contributed by atoms with van der Waals surface area (Å²) in [7, 11) is 0. The molecular weight excluding hydrogens is 210 g/mol. The molecule has 0 aliphatic heterocycles. The number of hydrogen-bond acceptors (Lipinski definition) is 2. The molecule has 0 fully saturated rings. The SMILES string of the molecule is CCOc1cc(C)c(C(C)(C)CCN)cc1C. The minimum Gasteiger partial charge on any atom is -0.494 e. The van der Waals surface area contributed by atoms with E-state index in [1.54, 1.807) is 0 Å². The minimum atomic E-state index is 0.133. The van der Waals surface area contributed by atoms with Crippen LogP contribution < -0.4 is 10.5 Å². The summed E-state index contributed by atoms with van der Waals surface area (Å²) in [5.74, 6) is 0.997. The lowest BCUT2D eigenvalue weighted by molar-refractivity contribution is 0.337. The molecule has 0 unspecified atom stereocenters. The first kappa shape index (κ1) is 14.0. The van der Waals surface area contributed by atoms with Gasteiger partial charge in [-0.05, 0) is 61.9 Å². The highest BCUT2D eigenvalue weighted by Crippen LogP contribution is 2.33. The number of nitrogens with two attached hydrogens (primary N) is 1. The van der Waals surface area contributed by atoms with Crippen molar-refractivity contribution in [3.8, 4) is 5.75 Å². The molecule has 2 nitrogen and oxygen atoms in total. The van der Waals surface area contributed by atoms with Gasteiger partial charge in [-0.15, -0.1) is 0 Å². The Bertz CT molecular complexity index is 383. The van der Waals surface area contributed by atoms with Crippen LogP contribution in [-0.2, 0) is 5.41 Å². The molecule has 1 aromatic carbocycles. The van der Waals surface area contributed by atoms with Crippen LogP contribution in [0.4, 0.5) is 0 Å². The van der Waals surface area contributed by atoms with Crippen molar-refractivity contribution in [1.29, 1.82) is 0 Å². The van der Waals surface area contributed by atoms with Crippen LogP contribution in [0.3, 0.4) is 0 Å². The third kappa shape index (κ3) is 3.22. The fraction of sp³-hybridized carbons (Fsp3) is 0.600. The predicted octanol–water partition coefficient (Wildman–Crippen LogP) is 3.33. The normalized spacial score (nSPS) is 11.6. The Morgan fingerprint density at radius 2 is 1.82 bits per heavy atom. The molecule has 0 aliphatic rings. The number of hydrogen-bond donors (Lipinski definition) is 1. The number of rotatable bonds is 5. The fourth-order valence-electron chi connectivity index (χ4n) is 2.33. The third-order valence-corrected chi connectivity index (χ3v) is 3.32. The molecule has 1 aromatic rings. The summed E-state index contributed by atoms with van der Waals surface area (Å²) in [6, 6.07) is 4.39. The Balaban J connectivity index is 3.15. The Morgan fingerprint density at radius 1 is 1.18 bits per heavy atom. The van der Waals surface area contributed by atoms with Crippen molar-refractivity contribution in [1.82, 2.24) is 0 Å². The van der Waals surface area contributed by atoms with Gasteiger partial charge in [-0.1, -0.05) is 19.9 Å². The van der Waals surface area contributed by atoms with Crippen LogP contribution in [0.5, 0.6) is 5.75 Å². The highest BCUT2D eigenvalue weighted by Gasteiger charge is 2.22. The molecule has 2 N–H and O–H groups in total. The summed E-state index contributed by atoms with van der Waals surface area (Å²) in [6.45, 7) is 12.2. The smallest absolute Gasteiger partial charge is 0.122 e. The molecule has 17 heavy (non-hydrogen) atoms. The topological polar surface area (TPSA) is 35.2 Å². The molecule has 0 atom stereocenters. The van der Waals surface area contributed by atoms with Crippen LogP contribution in [0.2, 0.25) is 0 Å². The standard InChI is InChI=1S/C15H25NO/c1-6-17-14-10-11(2)13(9-12(14)3)15(4,5)7-8-16/h9-10H,6-8,16H2,1-5H3. The summed E-state index contributed by atoms with van der Waals surface area (Å²) in [6.07, 6.45) is 1.00. The van der Waals surface area contributed by atoms with Crippen molar-refractivity contribution >= 4 is 0 Å². The monoisotopic (exact) mass is 235 g/mol. The van der Waals surface area contributed by atoms with Gasteiger partial charge in [-0.2, -0.15) is 0 Å². The van der Waals surface area contributed by atoms with Crippen molar-refractivity contribution < 1.29 is 4.74 Å². The average Bonchev–Trinajstić information content (AvgIpc) is 2.23. The van der Waals surface area contributed by atoms with Crippen molar-refractivity contribution in [2.75, 3.05) is 13.2 Å². The minimum absolute atomic E-state index is 0.133. The van der Waals surface area contributed by atoms with E-state index in [0.29, 0.717) is 6.61 Å². The zero-order valence-electron chi connectivity index (χ0n) is 11.8. The van der Waals surface area contributed by atoms with Crippen LogP contribution in [0.1, 0.15) is 43.9 Å². The van der Waals surface area contributed by atoms with Gasteiger partial charge in [0.25, 0.3) is 0 Å². The zero-order valence-corrected chi connectivity index (χ0v) is 11.8. The second kappa shape index (κ2) is 5.54. The quantitative estimate of drug-likeness (QED) is 0.849. The molecule has 0 aromatic heterocycles. The molecule has 0 bridgehead atoms. The number of ether oxygens (including phenoxy) is 1. The predicted molar refractivity (Wildman–Crippen MR) is 73.8 cm³/mol. The first-order valence-electron chi connectivity index (χ1n) is 6.37. The Kier molecular flexibility index (Phi) is 4.58. The number of benzene rings is 1. The maximum Gasteiger partial charge on any atom is 0.122 e. The van der Waals surface area contributed by atoms with Gasteiger partial charge in [-0.3, -0.25) is 0 Å². The summed E-state index contributed by atoms with van der Waals surface area (Å²) < 4.78 is 5.62. The lowest BCUT2D eigenvalue weighted by Gasteiger charge is -2.27. The molecule has 0 saturated heterocycles. The van der Waals surface area contributed by atoms with E-state index in [0.717, 1.165) is 18.7 Å². The van der Waals surface area contributed by atoms with E-state index < -0.39 is 0 Å². The van der Waals surface area contributed by atoms with Gasteiger partial charge in [0.05, 0.1) is 6.61 Å². The van der Waals surface area contributed by atoms with E-state index in [-0.39, 0.29) is 5.41 Å². The van der Waals surface area contributed by atoms with Crippen LogP contribution in [0.15, 0.2) is 12.1 Å². The van der Waals surface area contributed by atoms with Gasteiger partial charge in [-0.25, -0.2) is 0 Å². The van der Waals surface area contributed by atoms with Crippen LogP contribution >= 0.6 is 0 Å². The first-order chi connectivity index (χ1) is 7.92. The summed E-state index contributed by atoms with van der Waals surface area (Å²) in [5, 5.41) is 0. The van der Waals surface area contributed by atoms with E-state index in [9.17, 15) is 0 Å². The van der Waals surface area contributed by atoms with Crippen molar-refractivity contribution in [2.24, 2.45) is 5.73 Å². The molecule has 0 aliphatic carbocycles. The molecule has 96 valence electrons. The molecular formula is C15H25NO. The van der Waals surface area contributed by atoms with Gasteiger partial charge >= 0.3 is 0 Å². The fourth-order valence-corrected chi connectivity index (χ4v) is 2.33. The first-order valence-corrected chi connectivity index (χ1v) is 6.37. The largest absolute Gasteiger partial charge is 0.494 e. The maximum atomic E-state index is 5.69. The Hall–Kier alpha value is -1.02. The molecule has 0 heterocycles. The molecule has 0 spiro atoms. The van der Waals surface area contributed by atoms with Gasteiger partial charge in [0.1, 0.15) is 5.75 Å². The Morgan fingerprint density at radius 3 is 2.35 bits per heavy atom. The van der Waals surface area contributed by atoms with E-state index in [2.05, 4.69) is 39.8 Å². The van der Waals surface area contributed by atoms with Crippen molar-refractivity contribution in [2.45, 2.75) is 46.5 Å². The van der Waals surface area contributed by atoms with Crippen LogP contribution in [0, 0.1) is 13.8 Å². The van der Waals surface area contributed by atoms with Crippen molar-refractivity contribution in [3.05, 3.63) is 28.8 Å². The van der Waals surface area contributed by atoms with E-state index in [1.165, 1.54) is 16.7 Å². The lowest BCUT2D eigenvalue weighted by atomic mass is 9.78. The second-order valence-corrected chi connectivity index (χ2v) is 5.29. The lowest BCUT2D eigenvalue weighted by Crippen LogP contribution is -2.23. The van der Waals surface area contributed by atoms with Crippen molar-refractivity contribution in [3.63, 3.8) is 0 Å². The maximum absolute atomic E-state index is 5.69. The van der Waals surface area contributed by atoms with Gasteiger partial charge in [0.2, 0.25) is 0 Å². The van der Waals surface area contributed by atoms with E-state index in [1.807, 2.05) is 6.92 Å². The zero-order chi connectivity index (χ0) is 13.1. The van der Waals surface area contributed by atoms with E-state index in [4.69, 9.17) is 10.5 Å². The van der Waals surface area contributed by atoms with Gasteiger partial charge < -0.3 is 10.5 Å². The third-order valence-electron chi connectivity index (χ3n) is 3.32. The average molecular weight is 235 g/mol. The van der Waals surface area contributed by atoms with E-state index >= 15 is 0 Å². The highest BCUT2D eigenvalue weighted by atomic mass is 16.5. The van der Waals surface area contributed by atoms with Crippen LogP contribution in [-0.4, -0.2) is 13.2 Å². The molecule has 1 rings (SSSR count).